The zero-order valence-electron chi connectivity index (χ0n) is 13.7. The highest BCUT2D eigenvalue weighted by molar-refractivity contribution is 8.18. The van der Waals surface area contributed by atoms with Crippen molar-refractivity contribution < 1.29 is 18.8 Å². The first-order chi connectivity index (χ1) is 12.2. The van der Waals surface area contributed by atoms with E-state index in [1.807, 2.05) is 0 Å². The highest BCUT2D eigenvalue weighted by Crippen LogP contribution is 2.63. The molecule has 3 rings (SSSR count). The maximum absolute atomic E-state index is 13.7. The van der Waals surface area contributed by atoms with Gasteiger partial charge in [0.1, 0.15) is 10.2 Å². The number of hydrogen-bond acceptors (Lipinski definition) is 4. The number of imide groups is 1. The Morgan fingerprint density at radius 3 is 2.65 bits per heavy atom. The molecule has 1 atom stereocenters. The molecule has 138 valence electrons. The molecule has 1 aromatic carbocycles. The van der Waals surface area contributed by atoms with Gasteiger partial charge in [-0.2, -0.15) is 0 Å². The van der Waals surface area contributed by atoms with Gasteiger partial charge < -0.3 is 5.32 Å². The summed E-state index contributed by atoms with van der Waals surface area (Å²) in [7, 11) is 0. The van der Waals surface area contributed by atoms with Gasteiger partial charge in [0.25, 0.3) is 11.1 Å². The van der Waals surface area contributed by atoms with Gasteiger partial charge in [0.2, 0.25) is 5.91 Å². The van der Waals surface area contributed by atoms with E-state index in [0.717, 1.165) is 16.7 Å². The molecule has 1 heterocycles. The first-order valence-electron chi connectivity index (χ1n) is 7.82. The minimum absolute atomic E-state index is 0.0126. The number of benzene rings is 1. The Morgan fingerprint density at radius 1 is 1.38 bits per heavy atom. The molecule has 0 bridgehead atoms. The summed E-state index contributed by atoms with van der Waals surface area (Å²) >= 11 is 12.6. The van der Waals surface area contributed by atoms with Gasteiger partial charge in [0.05, 0.1) is 10.3 Å². The molecule has 1 saturated carbocycles. The second kappa shape index (κ2) is 6.87. The molecule has 1 aliphatic carbocycles. The van der Waals surface area contributed by atoms with Crippen molar-refractivity contribution in [3.63, 3.8) is 0 Å². The van der Waals surface area contributed by atoms with Crippen molar-refractivity contribution >= 4 is 58.1 Å². The Balaban J connectivity index is 1.60. The lowest BCUT2D eigenvalue weighted by molar-refractivity contribution is -0.127. The number of alkyl halides is 2. The van der Waals surface area contributed by atoms with E-state index in [9.17, 15) is 18.8 Å². The number of nitrogens with one attached hydrogen (secondary N) is 1. The molecule has 0 spiro atoms. The van der Waals surface area contributed by atoms with E-state index in [4.69, 9.17) is 23.2 Å². The third-order valence-corrected chi connectivity index (χ3v) is 6.45. The number of nitrogens with zero attached hydrogens (tertiary/aromatic N) is 1. The van der Waals surface area contributed by atoms with Crippen LogP contribution in [0, 0.1) is 11.2 Å². The van der Waals surface area contributed by atoms with Crippen LogP contribution in [0.15, 0.2) is 29.2 Å². The molecule has 1 aromatic rings. The van der Waals surface area contributed by atoms with Gasteiger partial charge in [0, 0.05) is 18.7 Å². The van der Waals surface area contributed by atoms with Gasteiger partial charge in [-0.15, -0.1) is 23.2 Å². The van der Waals surface area contributed by atoms with Crippen LogP contribution in [0.4, 0.5) is 9.18 Å². The Bertz CT molecular complexity index is 830. The summed E-state index contributed by atoms with van der Waals surface area (Å²) in [5.74, 6) is -1.31. The molecular weight excluding hydrogens is 402 g/mol. The molecular formula is C17H15Cl2FN2O3S. The lowest BCUT2D eigenvalue weighted by atomic mass is 10.1. The third kappa shape index (κ3) is 3.48. The van der Waals surface area contributed by atoms with Crippen LogP contribution >= 0.6 is 35.0 Å². The Morgan fingerprint density at radius 2 is 2.04 bits per heavy atom. The number of carbonyl (C=O) groups is 3. The van der Waals surface area contributed by atoms with E-state index in [1.165, 1.54) is 24.3 Å². The van der Waals surface area contributed by atoms with E-state index in [1.54, 1.807) is 13.0 Å². The number of hydrogen-bond donors (Lipinski definition) is 1. The summed E-state index contributed by atoms with van der Waals surface area (Å²) < 4.78 is 12.6. The SMILES string of the molecule is CC1(C(=O)NCCN2C(=O)S/C(=C\c3ccccc3F)C2=O)CC1(Cl)Cl. The molecule has 2 fully saturated rings. The molecule has 1 aliphatic heterocycles. The lowest BCUT2D eigenvalue weighted by Crippen LogP contribution is -2.40. The van der Waals surface area contributed by atoms with Crippen LogP contribution in [0.25, 0.3) is 6.08 Å². The monoisotopic (exact) mass is 416 g/mol. The summed E-state index contributed by atoms with van der Waals surface area (Å²) in [5, 5.41) is 2.18. The average molecular weight is 417 g/mol. The number of rotatable bonds is 5. The Labute approximate surface area is 163 Å². The minimum Gasteiger partial charge on any atom is -0.354 e. The van der Waals surface area contributed by atoms with Crippen molar-refractivity contribution in [3.05, 3.63) is 40.6 Å². The van der Waals surface area contributed by atoms with E-state index < -0.39 is 26.7 Å². The van der Waals surface area contributed by atoms with E-state index in [2.05, 4.69) is 5.32 Å². The summed E-state index contributed by atoms with van der Waals surface area (Å²) in [6, 6.07) is 5.97. The Kier molecular flexibility index (Phi) is 5.07. The fraction of sp³-hybridized carbons (Fsp3) is 0.353. The van der Waals surface area contributed by atoms with Crippen molar-refractivity contribution in [1.29, 1.82) is 0 Å². The average Bonchev–Trinajstić information content (AvgIpc) is 2.99. The summed E-state index contributed by atoms with van der Waals surface area (Å²) in [4.78, 5) is 37.6. The van der Waals surface area contributed by atoms with Crippen LogP contribution in [0.1, 0.15) is 18.9 Å². The fourth-order valence-corrected chi connectivity index (χ4v) is 4.11. The second-order valence-electron chi connectivity index (χ2n) is 6.32. The first kappa shape index (κ1) is 19.2. The molecule has 1 unspecified atom stereocenters. The van der Waals surface area contributed by atoms with Crippen molar-refractivity contribution in [1.82, 2.24) is 10.2 Å². The molecule has 9 heteroatoms. The number of thioether (sulfide) groups is 1. The van der Waals surface area contributed by atoms with Gasteiger partial charge >= 0.3 is 0 Å². The minimum atomic E-state index is -1.08. The molecule has 5 nitrogen and oxygen atoms in total. The smallest absolute Gasteiger partial charge is 0.293 e. The van der Waals surface area contributed by atoms with E-state index in [-0.39, 0.29) is 29.5 Å². The van der Waals surface area contributed by atoms with Crippen LogP contribution in [-0.4, -0.2) is 39.4 Å². The van der Waals surface area contributed by atoms with Crippen LogP contribution in [0.3, 0.4) is 0 Å². The zero-order chi connectivity index (χ0) is 19.1. The van der Waals surface area contributed by atoms with Crippen LogP contribution in [-0.2, 0) is 9.59 Å². The number of halogens is 3. The largest absolute Gasteiger partial charge is 0.354 e. The topological polar surface area (TPSA) is 66.5 Å². The molecule has 1 saturated heterocycles. The van der Waals surface area contributed by atoms with Crippen molar-refractivity contribution in [2.75, 3.05) is 13.1 Å². The maximum Gasteiger partial charge on any atom is 0.293 e. The van der Waals surface area contributed by atoms with Gasteiger partial charge in [0.15, 0.2) is 0 Å². The molecule has 3 amide bonds. The van der Waals surface area contributed by atoms with Gasteiger partial charge in [-0.25, -0.2) is 4.39 Å². The number of carbonyl (C=O) groups excluding carboxylic acids is 3. The fourth-order valence-electron chi connectivity index (χ4n) is 2.55. The highest BCUT2D eigenvalue weighted by Gasteiger charge is 2.67. The molecule has 2 aliphatic rings. The van der Waals surface area contributed by atoms with Crippen molar-refractivity contribution in [2.45, 2.75) is 17.7 Å². The van der Waals surface area contributed by atoms with Crippen LogP contribution < -0.4 is 5.32 Å². The summed E-state index contributed by atoms with van der Waals surface area (Å²) in [6.45, 7) is 1.75. The van der Waals surface area contributed by atoms with Gasteiger partial charge in [-0.1, -0.05) is 18.2 Å². The first-order valence-corrected chi connectivity index (χ1v) is 9.39. The van der Waals surface area contributed by atoms with Crippen molar-refractivity contribution in [2.24, 2.45) is 5.41 Å². The van der Waals surface area contributed by atoms with Gasteiger partial charge in [-0.05, 0) is 37.2 Å². The van der Waals surface area contributed by atoms with Crippen molar-refractivity contribution in [3.8, 4) is 0 Å². The number of amides is 3. The highest BCUT2D eigenvalue weighted by atomic mass is 35.5. The lowest BCUT2D eigenvalue weighted by Gasteiger charge is -2.15. The predicted octanol–water partition coefficient (Wildman–Crippen LogP) is 3.56. The normalized spacial score (nSPS) is 25.7. The standard InChI is InChI=1S/C17H15Cl2FN2O3S/c1-16(9-17(16,18)19)14(24)21-6-7-22-13(23)12(26-15(22)25)8-10-4-2-3-5-11(10)20/h2-5,8H,6-7,9H2,1H3,(H,21,24)/b12-8-. The summed E-state index contributed by atoms with van der Waals surface area (Å²) in [5.41, 5.74) is -0.631. The van der Waals surface area contributed by atoms with E-state index >= 15 is 0 Å². The van der Waals surface area contributed by atoms with Crippen LogP contribution in [0.2, 0.25) is 0 Å². The van der Waals surface area contributed by atoms with Crippen LogP contribution in [0.5, 0.6) is 0 Å². The van der Waals surface area contributed by atoms with Gasteiger partial charge in [-0.3, -0.25) is 19.3 Å². The third-order valence-electron chi connectivity index (χ3n) is 4.45. The molecule has 26 heavy (non-hydrogen) atoms. The maximum atomic E-state index is 13.7. The predicted molar refractivity (Wildman–Crippen MR) is 99.2 cm³/mol. The quantitative estimate of drug-likeness (QED) is 0.588. The Hall–Kier alpha value is -1.57. The molecule has 0 aromatic heterocycles. The summed E-state index contributed by atoms with van der Waals surface area (Å²) in [6.07, 6.45) is 1.70. The zero-order valence-corrected chi connectivity index (χ0v) is 16.1. The molecule has 0 radical (unpaired) electrons. The molecule has 1 N–H and O–H groups in total. The van der Waals surface area contributed by atoms with E-state index in [0.29, 0.717) is 6.42 Å². The second-order valence-corrected chi connectivity index (χ2v) is 8.80.